The first kappa shape index (κ1) is 51.5. The fourth-order valence-electron chi connectivity index (χ4n) is 12.9. The van der Waals surface area contributed by atoms with Crippen molar-refractivity contribution in [2.24, 2.45) is 0 Å². The van der Waals surface area contributed by atoms with Crippen LogP contribution < -0.4 is 14.7 Å². The molecule has 3 heterocycles. The van der Waals surface area contributed by atoms with Crippen LogP contribution in [0.3, 0.4) is 0 Å². The summed E-state index contributed by atoms with van der Waals surface area (Å²) in [6.45, 7) is 18.4. The highest BCUT2D eigenvalue weighted by molar-refractivity contribution is 6.24. The van der Waals surface area contributed by atoms with E-state index in [2.05, 4.69) is 270 Å². The highest BCUT2D eigenvalue weighted by atomic mass is 15.2. The first-order chi connectivity index (χ1) is 40.4. The van der Waals surface area contributed by atoms with Crippen molar-refractivity contribution < 1.29 is 0 Å². The van der Waals surface area contributed by atoms with Crippen LogP contribution in [0, 0.1) is 0 Å². The standard InChI is InChI=1S/C77H66N6/c1-48(2)51-19-25-57(26-20-51)81(60-32-36-72-54(42-60)14-11-39-78-72)63-31-35-64-67-46-68-69(47-71(67)77(7,8)70(64)45-63)76(83(59-29-23-53(24-30-59)50(5)6)62-34-38-74-56(44-62)16-13-41-80-74)66-18-10-9-17-65(66)75(68)82(58-27-21-52(22-28-58)49(3)4)61-33-37-73-55(43-61)15-12-40-79-73/h9-50H,1-8H3. The van der Waals surface area contributed by atoms with Gasteiger partial charge in [-0.15, -0.1) is 0 Å². The van der Waals surface area contributed by atoms with E-state index in [1.165, 1.54) is 38.9 Å². The number of anilines is 9. The molecule has 0 saturated heterocycles. The van der Waals surface area contributed by atoms with Gasteiger partial charge in [-0.25, -0.2) is 0 Å². The minimum atomic E-state index is -0.408. The van der Waals surface area contributed by atoms with Crippen molar-refractivity contribution in [3.05, 3.63) is 265 Å². The van der Waals surface area contributed by atoms with Crippen LogP contribution in [-0.2, 0) is 5.41 Å². The quantitative estimate of drug-likeness (QED) is 0.0898. The Morgan fingerprint density at radius 2 is 0.651 bits per heavy atom. The summed E-state index contributed by atoms with van der Waals surface area (Å²) in [5, 5.41) is 7.84. The van der Waals surface area contributed by atoms with Gasteiger partial charge in [0.2, 0.25) is 0 Å². The lowest BCUT2D eigenvalue weighted by Crippen LogP contribution is -2.17. The van der Waals surface area contributed by atoms with Gasteiger partial charge in [-0.3, -0.25) is 15.0 Å². The Labute approximate surface area is 487 Å². The molecule has 6 nitrogen and oxygen atoms in total. The lowest BCUT2D eigenvalue weighted by molar-refractivity contribution is 0.661. The van der Waals surface area contributed by atoms with E-state index >= 15 is 0 Å². The van der Waals surface area contributed by atoms with Crippen LogP contribution in [0.25, 0.3) is 65.4 Å². The number of rotatable bonds is 12. The molecule has 1 aliphatic rings. The van der Waals surface area contributed by atoms with Gasteiger partial charge in [-0.1, -0.05) is 140 Å². The molecule has 0 atom stereocenters. The summed E-state index contributed by atoms with van der Waals surface area (Å²) in [5.41, 5.74) is 21.2. The second kappa shape index (κ2) is 20.4. The van der Waals surface area contributed by atoms with Crippen LogP contribution in [0.4, 0.5) is 51.2 Å². The predicted molar refractivity (Wildman–Crippen MR) is 351 cm³/mol. The number of fused-ring (bicyclic) bond motifs is 8. The summed E-state index contributed by atoms with van der Waals surface area (Å²) in [7, 11) is 0. The van der Waals surface area contributed by atoms with Gasteiger partial charge in [-0.2, -0.15) is 0 Å². The average Bonchev–Trinajstić information content (AvgIpc) is 3.69. The Bertz CT molecular complexity index is 4630. The van der Waals surface area contributed by atoms with E-state index in [9.17, 15) is 0 Å². The predicted octanol–water partition coefficient (Wildman–Crippen LogP) is 21.7. The van der Waals surface area contributed by atoms with E-state index in [1.54, 1.807) is 0 Å². The smallest absolute Gasteiger partial charge is 0.0703 e. The average molecular weight is 1080 g/mol. The normalized spacial score (nSPS) is 12.8. The maximum atomic E-state index is 4.79. The first-order valence-corrected chi connectivity index (χ1v) is 29.3. The zero-order valence-electron chi connectivity index (χ0n) is 48.4. The van der Waals surface area contributed by atoms with Gasteiger partial charge in [0.25, 0.3) is 0 Å². The van der Waals surface area contributed by atoms with Crippen LogP contribution in [0.1, 0.15) is 101 Å². The Morgan fingerprint density at radius 1 is 0.301 bits per heavy atom. The van der Waals surface area contributed by atoms with Crippen LogP contribution in [0.2, 0.25) is 0 Å². The zero-order valence-corrected chi connectivity index (χ0v) is 48.4. The molecule has 14 rings (SSSR count). The summed E-state index contributed by atoms with van der Waals surface area (Å²) in [6, 6.07) is 81.6. The molecule has 0 spiro atoms. The van der Waals surface area contributed by atoms with E-state index in [0.29, 0.717) is 17.8 Å². The molecule has 404 valence electrons. The Kier molecular flexibility index (Phi) is 12.7. The Hall–Kier alpha value is -9.65. The molecular weight excluding hydrogens is 1010 g/mol. The third-order valence-electron chi connectivity index (χ3n) is 17.4. The van der Waals surface area contributed by atoms with Crippen LogP contribution >= 0.6 is 0 Å². The third-order valence-corrected chi connectivity index (χ3v) is 17.4. The summed E-state index contributed by atoms with van der Waals surface area (Å²) >= 11 is 0. The number of benzene rings is 10. The van der Waals surface area contributed by atoms with Gasteiger partial charge in [-0.05, 0) is 190 Å². The number of nitrogens with zero attached hydrogens (tertiary/aromatic N) is 6. The number of aromatic nitrogens is 3. The zero-order chi connectivity index (χ0) is 56.7. The van der Waals surface area contributed by atoms with Gasteiger partial charge in [0, 0.05) is 102 Å². The molecule has 83 heavy (non-hydrogen) atoms. The molecule has 0 fully saturated rings. The lowest BCUT2D eigenvalue weighted by Gasteiger charge is -2.34. The van der Waals surface area contributed by atoms with Crippen molar-refractivity contribution >= 4 is 105 Å². The molecule has 3 aromatic heterocycles. The summed E-state index contributed by atoms with van der Waals surface area (Å²) in [5.74, 6) is 1.18. The maximum absolute atomic E-state index is 4.79. The van der Waals surface area contributed by atoms with Crippen molar-refractivity contribution in [3.63, 3.8) is 0 Å². The molecule has 13 aromatic rings. The highest BCUT2D eigenvalue weighted by Gasteiger charge is 2.38. The largest absolute Gasteiger partial charge is 0.310 e. The monoisotopic (exact) mass is 1070 g/mol. The van der Waals surface area contributed by atoms with E-state index in [1.807, 2.05) is 36.8 Å². The fraction of sp³-hybridized carbons (Fsp3) is 0.156. The van der Waals surface area contributed by atoms with Crippen molar-refractivity contribution in [2.45, 2.75) is 78.6 Å². The van der Waals surface area contributed by atoms with Crippen LogP contribution in [-0.4, -0.2) is 15.0 Å². The summed E-state index contributed by atoms with van der Waals surface area (Å²) < 4.78 is 0. The second-order valence-electron chi connectivity index (χ2n) is 23.9. The molecule has 0 amide bonds. The van der Waals surface area contributed by atoms with E-state index in [4.69, 9.17) is 15.0 Å². The molecule has 0 unspecified atom stereocenters. The van der Waals surface area contributed by atoms with Gasteiger partial charge in [0.15, 0.2) is 0 Å². The minimum Gasteiger partial charge on any atom is -0.310 e. The molecule has 6 heteroatoms. The van der Waals surface area contributed by atoms with Crippen LogP contribution in [0.5, 0.6) is 0 Å². The number of hydrogen-bond acceptors (Lipinski definition) is 6. The summed E-state index contributed by atoms with van der Waals surface area (Å²) in [6.07, 6.45) is 5.63. The van der Waals surface area contributed by atoms with Crippen molar-refractivity contribution in [1.82, 2.24) is 15.0 Å². The molecular formula is C77H66N6. The molecule has 10 aromatic carbocycles. The Morgan fingerprint density at radius 3 is 1.07 bits per heavy atom. The Balaban J connectivity index is 1.07. The van der Waals surface area contributed by atoms with Crippen molar-refractivity contribution in [1.29, 1.82) is 0 Å². The topological polar surface area (TPSA) is 48.4 Å². The second-order valence-corrected chi connectivity index (χ2v) is 23.9. The number of hydrogen-bond donors (Lipinski definition) is 0. The molecule has 0 bridgehead atoms. The molecule has 0 saturated carbocycles. The van der Waals surface area contributed by atoms with Crippen molar-refractivity contribution in [3.8, 4) is 11.1 Å². The van der Waals surface area contributed by atoms with Gasteiger partial charge in [0.05, 0.1) is 27.9 Å². The fourth-order valence-corrected chi connectivity index (χ4v) is 12.9. The van der Waals surface area contributed by atoms with Crippen molar-refractivity contribution in [2.75, 3.05) is 14.7 Å². The third kappa shape index (κ3) is 8.92. The van der Waals surface area contributed by atoms with E-state index in [0.717, 1.165) is 105 Å². The SMILES string of the molecule is CC(C)c1ccc(N(c2ccc3c(c2)C(C)(C)c2cc4c(N(c5ccc(C(C)C)cc5)c5ccc6ncccc6c5)c5ccccc5c(N(c5ccc(C(C)C)cc5)c5ccc6ncccc6c5)c4cc2-3)c2ccc3ncccc3c2)cc1. The van der Waals surface area contributed by atoms with Gasteiger partial charge >= 0.3 is 0 Å². The molecule has 0 radical (unpaired) electrons. The van der Waals surface area contributed by atoms with E-state index < -0.39 is 5.41 Å². The molecule has 0 N–H and O–H groups in total. The van der Waals surface area contributed by atoms with Gasteiger partial charge < -0.3 is 14.7 Å². The highest BCUT2D eigenvalue weighted by Crippen LogP contribution is 2.57. The molecule has 1 aliphatic carbocycles. The summed E-state index contributed by atoms with van der Waals surface area (Å²) in [4.78, 5) is 21.7. The molecule has 0 aliphatic heterocycles. The van der Waals surface area contributed by atoms with Gasteiger partial charge in [0.1, 0.15) is 0 Å². The van der Waals surface area contributed by atoms with Crippen LogP contribution in [0.15, 0.2) is 237 Å². The van der Waals surface area contributed by atoms with E-state index in [-0.39, 0.29) is 0 Å². The lowest BCUT2D eigenvalue weighted by atomic mass is 9.81. The first-order valence-electron chi connectivity index (χ1n) is 29.3. The maximum Gasteiger partial charge on any atom is 0.0703 e. The number of pyridine rings is 3. The minimum absolute atomic E-state index is 0.380.